The van der Waals surface area contributed by atoms with E-state index in [9.17, 15) is 23.1 Å². The lowest BCUT2D eigenvalue weighted by atomic mass is 9.84. The van der Waals surface area contributed by atoms with Crippen molar-refractivity contribution in [2.75, 3.05) is 20.1 Å². The Labute approximate surface area is 123 Å². The molecule has 0 aromatic heterocycles. The molecular weight excluding hydrogens is 285 g/mol. The maximum Gasteiger partial charge on any atom is 0.401 e. The van der Waals surface area contributed by atoms with Gasteiger partial charge in [-0.25, -0.2) is 0 Å². The van der Waals surface area contributed by atoms with Gasteiger partial charge in [-0.1, -0.05) is 6.42 Å². The van der Waals surface area contributed by atoms with Crippen LogP contribution in [-0.4, -0.2) is 53.9 Å². The Morgan fingerprint density at radius 3 is 2.57 bits per heavy atom. The molecular formula is C14H25F3N2O2. The zero-order valence-electron chi connectivity index (χ0n) is 12.8. The molecule has 2 atom stereocenters. The fourth-order valence-electron chi connectivity index (χ4n) is 3.28. The minimum absolute atomic E-state index is 0.0228. The molecule has 0 saturated heterocycles. The standard InChI is InChI=1S/C14H25F3N2O2/c1-10(2)18-13(12(20)21)7-4-5-11(13)6-8-19(3)9-14(15,16)17/h10-11,18H,4-9H2,1-3H3,(H,20,21). The zero-order chi connectivity index (χ0) is 16.3. The van der Waals surface area contributed by atoms with Crippen molar-refractivity contribution < 1.29 is 23.1 Å². The van der Waals surface area contributed by atoms with E-state index in [-0.39, 0.29) is 18.5 Å². The highest BCUT2D eigenvalue weighted by Gasteiger charge is 2.49. The van der Waals surface area contributed by atoms with Gasteiger partial charge in [-0.3, -0.25) is 15.0 Å². The third kappa shape index (κ3) is 5.14. The molecule has 0 amide bonds. The molecule has 1 aliphatic rings. The molecule has 0 bridgehead atoms. The van der Waals surface area contributed by atoms with Gasteiger partial charge in [-0.15, -0.1) is 0 Å². The molecule has 0 aliphatic heterocycles. The third-order valence-corrected chi connectivity index (χ3v) is 4.06. The van der Waals surface area contributed by atoms with Crippen molar-refractivity contribution in [2.45, 2.75) is 57.3 Å². The van der Waals surface area contributed by atoms with Crippen molar-refractivity contribution in [1.82, 2.24) is 10.2 Å². The number of nitrogens with one attached hydrogen (secondary N) is 1. The monoisotopic (exact) mass is 310 g/mol. The van der Waals surface area contributed by atoms with E-state index in [1.165, 1.54) is 11.9 Å². The second kappa shape index (κ2) is 6.96. The Kier molecular flexibility index (Phi) is 6.04. The first-order chi connectivity index (χ1) is 9.57. The van der Waals surface area contributed by atoms with Crippen molar-refractivity contribution in [3.63, 3.8) is 0 Å². The SMILES string of the molecule is CC(C)NC1(C(=O)O)CCCC1CCN(C)CC(F)(F)F. The number of carboxylic acid groups (broad SMARTS) is 1. The van der Waals surface area contributed by atoms with E-state index < -0.39 is 24.2 Å². The van der Waals surface area contributed by atoms with Gasteiger partial charge in [0.15, 0.2) is 0 Å². The Balaban J connectivity index is 2.65. The van der Waals surface area contributed by atoms with Crippen LogP contribution in [0.2, 0.25) is 0 Å². The summed E-state index contributed by atoms with van der Waals surface area (Å²) in [5.74, 6) is -1.02. The van der Waals surface area contributed by atoms with Crippen LogP contribution in [-0.2, 0) is 4.79 Å². The van der Waals surface area contributed by atoms with E-state index in [2.05, 4.69) is 5.32 Å². The lowest BCUT2D eigenvalue weighted by Crippen LogP contribution is -2.57. The zero-order valence-corrected chi connectivity index (χ0v) is 12.8. The van der Waals surface area contributed by atoms with Gasteiger partial charge in [0.2, 0.25) is 0 Å². The fourth-order valence-corrected chi connectivity index (χ4v) is 3.28. The quantitative estimate of drug-likeness (QED) is 0.758. The summed E-state index contributed by atoms with van der Waals surface area (Å²) >= 11 is 0. The van der Waals surface area contributed by atoms with Crippen molar-refractivity contribution in [3.05, 3.63) is 0 Å². The topological polar surface area (TPSA) is 52.6 Å². The molecule has 21 heavy (non-hydrogen) atoms. The first-order valence-electron chi connectivity index (χ1n) is 7.33. The highest BCUT2D eigenvalue weighted by atomic mass is 19.4. The first kappa shape index (κ1) is 18.2. The van der Waals surface area contributed by atoms with Crippen LogP contribution in [0, 0.1) is 5.92 Å². The van der Waals surface area contributed by atoms with Crippen molar-refractivity contribution in [1.29, 1.82) is 0 Å². The maximum atomic E-state index is 12.3. The van der Waals surface area contributed by atoms with Crippen LogP contribution in [0.4, 0.5) is 13.2 Å². The van der Waals surface area contributed by atoms with E-state index in [0.717, 1.165) is 12.8 Å². The summed E-state index contributed by atoms with van der Waals surface area (Å²) in [6, 6.07) is 0.0228. The molecule has 1 aliphatic carbocycles. The molecule has 1 rings (SSSR count). The Bertz CT molecular complexity index is 361. The molecule has 2 unspecified atom stereocenters. The lowest BCUT2D eigenvalue weighted by molar-refractivity contribution is -0.149. The number of aliphatic carboxylic acids is 1. The minimum Gasteiger partial charge on any atom is -0.480 e. The second-order valence-electron chi connectivity index (χ2n) is 6.31. The Morgan fingerprint density at radius 2 is 2.10 bits per heavy atom. The number of nitrogens with zero attached hydrogens (tertiary/aromatic N) is 1. The van der Waals surface area contributed by atoms with Gasteiger partial charge >= 0.3 is 12.1 Å². The Morgan fingerprint density at radius 1 is 1.48 bits per heavy atom. The van der Waals surface area contributed by atoms with Crippen molar-refractivity contribution >= 4 is 5.97 Å². The molecule has 0 spiro atoms. The number of halogens is 3. The number of carboxylic acids is 1. The van der Waals surface area contributed by atoms with Gasteiger partial charge in [-0.2, -0.15) is 13.2 Å². The smallest absolute Gasteiger partial charge is 0.401 e. The minimum atomic E-state index is -4.22. The lowest BCUT2D eigenvalue weighted by Gasteiger charge is -2.35. The van der Waals surface area contributed by atoms with Crippen LogP contribution in [0.3, 0.4) is 0 Å². The third-order valence-electron chi connectivity index (χ3n) is 4.06. The van der Waals surface area contributed by atoms with Gasteiger partial charge in [-0.05, 0) is 52.6 Å². The molecule has 0 radical (unpaired) electrons. The summed E-state index contributed by atoms with van der Waals surface area (Å²) in [6.45, 7) is 3.06. The molecule has 0 aromatic rings. The largest absolute Gasteiger partial charge is 0.480 e. The summed E-state index contributed by atoms with van der Waals surface area (Å²) in [4.78, 5) is 12.9. The Hall–Kier alpha value is -0.820. The van der Waals surface area contributed by atoms with Gasteiger partial charge in [0, 0.05) is 6.04 Å². The predicted octanol–water partition coefficient (Wildman–Crippen LogP) is 2.49. The van der Waals surface area contributed by atoms with Crippen LogP contribution < -0.4 is 5.32 Å². The number of rotatable bonds is 7. The highest BCUT2D eigenvalue weighted by molar-refractivity contribution is 5.79. The summed E-state index contributed by atoms with van der Waals surface area (Å²) in [7, 11) is 1.42. The van der Waals surface area contributed by atoms with Gasteiger partial charge in [0.05, 0.1) is 6.54 Å². The molecule has 4 nitrogen and oxygen atoms in total. The summed E-state index contributed by atoms with van der Waals surface area (Å²) in [5, 5.41) is 12.7. The molecule has 0 heterocycles. The van der Waals surface area contributed by atoms with Crippen molar-refractivity contribution in [3.8, 4) is 0 Å². The maximum absolute atomic E-state index is 12.3. The summed E-state index contributed by atoms with van der Waals surface area (Å²) < 4.78 is 36.9. The van der Waals surface area contributed by atoms with Crippen LogP contribution in [0.15, 0.2) is 0 Å². The number of alkyl halides is 3. The first-order valence-corrected chi connectivity index (χ1v) is 7.33. The molecule has 1 saturated carbocycles. The predicted molar refractivity (Wildman–Crippen MR) is 74.1 cm³/mol. The van der Waals surface area contributed by atoms with Crippen molar-refractivity contribution in [2.24, 2.45) is 5.92 Å². The molecule has 7 heteroatoms. The van der Waals surface area contributed by atoms with E-state index in [0.29, 0.717) is 12.8 Å². The van der Waals surface area contributed by atoms with Crippen LogP contribution in [0.1, 0.15) is 39.5 Å². The summed E-state index contributed by atoms with van der Waals surface area (Å²) in [5.41, 5.74) is -0.993. The number of carbonyl (C=O) groups is 1. The highest BCUT2D eigenvalue weighted by Crippen LogP contribution is 2.38. The van der Waals surface area contributed by atoms with E-state index >= 15 is 0 Å². The average Bonchev–Trinajstić information content (AvgIpc) is 2.67. The normalized spacial score (nSPS) is 26.8. The van der Waals surface area contributed by atoms with E-state index in [1.807, 2.05) is 13.8 Å². The summed E-state index contributed by atoms with van der Waals surface area (Å²) in [6.07, 6.45) is -1.69. The van der Waals surface area contributed by atoms with E-state index in [1.54, 1.807) is 0 Å². The number of hydrogen-bond donors (Lipinski definition) is 2. The van der Waals surface area contributed by atoms with Crippen LogP contribution in [0.5, 0.6) is 0 Å². The van der Waals surface area contributed by atoms with Crippen LogP contribution in [0.25, 0.3) is 0 Å². The molecule has 2 N–H and O–H groups in total. The van der Waals surface area contributed by atoms with E-state index in [4.69, 9.17) is 0 Å². The van der Waals surface area contributed by atoms with Gasteiger partial charge in [0.25, 0.3) is 0 Å². The van der Waals surface area contributed by atoms with Gasteiger partial charge < -0.3 is 5.11 Å². The van der Waals surface area contributed by atoms with Gasteiger partial charge in [0.1, 0.15) is 5.54 Å². The fraction of sp³-hybridized carbons (Fsp3) is 0.929. The molecule has 1 fully saturated rings. The van der Waals surface area contributed by atoms with Crippen LogP contribution >= 0.6 is 0 Å². The second-order valence-corrected chi connectivity index (χ2v) is 6.31. The average molecular weight is 310 g/mol. The molecule has 124 valence electrons. The molecule has 0 aromatic carbocycles. The number of hydrogen-bond acceptors (Lipinski definition) is 3.